The number of aromatic nitrogens is 3. The van der Waals surface area contributed by atoms with E-state index in [9.17, 15) is 4.79 Å². The highest BCUT2D eigenvalue weighted by molar-refractivity contribution is 7.13. The first-order chi connectivity index (χ1) is 15.0. The number of nitrogens with one attached hydrogen (secondary N) is 2. The van der Waals surface area contributed by atoms with Gasteiger partial charge in [0.2, 0.25) is 0 Å². The Morgan fingerprint density at radius 3 is 2.87 bits per heavy atom. The molecule has 2 N–H and O–H groups in total. The Hall–Kier alpha value is -3.20. The molecule has 0 saturated carbocycles. The molecule has 1 atom stereocenters. The van der Waals surface area contributed by atoms with Crippen molar-refractivity contribution in [3.8, 4) is 5.69 Å². The maximum Gasteiger partial charge on any atom is 0.350 e. The zero-order chi connectivity index (χ0) is 22.2. The van der Waals surface area contributed by atoms with Crippen LogP contribution >= 0.6 is 11.3 Å². The molecule has 9 heteroatoms. The molecule has 0 spiro atoms. The standard InChI is InChI=1S/C22H28N6O2S/c1-5-23-22(24-14-17-9-7-10-18(13-17)28-12-8-11-25-28)27-16(4)20-26-15(3)19(31-20)21(29)30-6-2/h7-13,16H,5-6,14H2,1-4H3,(H2,23,24,27). The Bertz CT molecular complexity index is 1030. The minimum Gasteiger partial charge on any atom is -0.462 e. The zero-order valence-electron chi connectivity index (χ0n) is 18.3. The fourth-order valence-electron chi connectivity index (χ4n) is 2.96. The molecule has 3 rings (SSSR count). The monoisotopic (exact) mass is 440 g/mol. The minimum absolute atomic E-state index is 0.111. The van der Waals surface area contributed by atoms with Crippen LogP contribution in [0.2, 0.25) is 0 Å². The quantitative estimate of drug-likeness (QED) is 0.316. The molecule has 0 aliphatic rings. The molecule has 2 aromatic heterocycles. The number of benzene rings is 1. The van der Waals surface area contributed by atoms with Gasteiger partial charge in [-0.05, 0) is 51.5 Å². The predicted molar refractivity (Wildman–Crippen MR) is 123 cm³/mol. The van der Waals surface area contributed by atoms with Crippen LogP contribution in [0.25, 0.3) is 5.69 Å². The molecule has 0 aliphatic carbocycles. The van der Waals surface area contributed by atoms with Gasteiger partial charge < -0.3 is 15.4 Å². The van der Waals surface area contributed by atoms with Crippen molar-refractivity contribution in [1.82, 2.24) is 25.4 Å². The number of aliphatic imine (C=N–C) groups is 1. The predicted octanol–water partition coefficient (Wildman–Crippen LogP) is 3.63. The van der Waals surface area contributed by atoms with Crippen LogP contribution in [-0.4, -0.2) is 39.8 Å². The fraction of sp³-hybridized carbons (Fsp3) is 0.364. The lowest BCUT2D eigenvalue weighted by Crippen LogP contribution is -2.38. The number of carbonyl (C=O) groups is 1. The summed E-state index contributed by atoms with van der Waals surface area (Å²) in [5.74, 6) is 0.360. The summed E-state index contributed by atoms with van der Waals surface area (Å²) in [6.45, 7) is 9.23. The van der Waals surface area contributed by atoms with E-state index in [0.717, 1.165) is 22.8 Å². The van der Waals surface area contributed by atoms with Crippen LogP contribution in [-0.2, 0) is 11.3 Å². The highest BCUT2D eigenvalue weighted by Gasteiger charge is 2.20. The molecule has 2 heterocycles. The number of hydrogen-bond acceptors (Lipinski definition) is 6. The van der Waals surface area contributed by atoms with Gasteiger partial charge in [-0.3, -0.25) is 0 Å². The first-order valence-electron chi connectivity index (χ1n) is 10.3. The van der Waals surface area contributed by atoms with Crippen molar-refractivity contribution < 1.29 is 9.53 Å². The smallest absolute Gasteiger partial charge is 0.350 e. The van der Waals surface area contributed by atoms with E-state index in [2.05, 4.69) is 26.8 Å². The van der Waals surface area contributed by atoms with E-state index in [1.807, 2.05) is 55.9 Å². The van der Waals surface area contributed by atoms with Gasteiger partial charge in [0.25, 0.3) is 0 Å². The third kappa shape index (κ3) is 5.91. The molecule has 0 amide bonds. The Kier molecular flexibility index (Phi) is 7.77. The second-order valence-corrected chi connectivity index (χ2v) is 7.90. The third-order valence-corrected chi connectivity index (χ3v) is 5.76. The summed E-state index contributed by atoms with van der Waals surface area (Å²) >= 11 is 1.35. The van der Waals surface area contributed by atoms with Crippen LogP contribution in [0.1, 0.15) is 52.7 Å². The number of nitrogens with zero attached hydrogens (tertiary/aromatic N) is 4. The summed E-state index contributed by atoms with van der Waals surface area (Å²) in [6, 6.07) is 9.91. The maximum absolute atomic E-state index is 12.1. The summed E-state index contributed by atoms with van der Waals surface area (Å²) < 4.78 is 6.94. The van der Waals surface area contributed by atoms with Crippen LogP contribution in [0, 0.1) is 6.92 Å². The summed E-state index contributed by atoms with van der Waals surface area (Å²) in [6.07, 6.45) is 3.67. The summed E-state index contributed by atoms with van der Waals surface area (Å²) in [7, 11) is 0. The van der Waals surface area contributed by atoms with Crippen LogP contribution in [0.15, 0.2) is 47.7 Å². The van der Waals surface area contributed by atoms with E-state index in [1.54, 1.807) is 13.1 Å². The van der Waals surface area contributed by atoms with E-state index < -0.39 is 0 Å². The number of carbonyl (C=O) groups excluding carboxylic acids is 1. The zero-order valence-corrected chi connectivity index (χ0v) is 19.1. The van der Waals surface area contributed by atoms with E-state index >= 15 is 0 Å². The average Bonchev–Trinajstić information content (AvgIpc) is 3.43. The minimum atomic E-state index is -0.325. The summed E-state index contributed by atoms with van der Waals surface area (Å²) in [5, 5.41) is 11.7. The number of guanidine groups is 1. The van der Waals surface area contributed by atoms with E-state index in [-0.39, 0.29) is 12.0 Å². The molecule has 1 unspecified atom stereocenters. The summed E-state index contributed by atoms with van der Waals surface area (Å²) in [4.78, 5) is 21.9. The number of hydrogen-bond donors (Lipinski definition) is 2. The Morgan fingerprint density at radius 2 is 2.16 bits per heavy atom. The lowest BCUT2D eigenvalue weighted by atomic mass is 10.2. The molecule has 0 bridgehead atoms. The molecule has 164 valence electrons. The second kappa shape index (κ2) is 10.7. The molecule has 8 nitrogen and oxygen atoms in total. The molecule has 0 saturated heterocycles. The Balaban J connectivity index is 1.71. The lowest BCUT2D eigenvalue weighted by molar-refractivity contribution is 0.0531. The van der Waals surface area contributed by atoms with Gasteiger partial charge in [0.15, 0.2) is 5.96 Å². The molecular weight excluding hydrogens is 412 g/mol. The fourth-order valence-corrected chi connectivity index (χ4v) is 3.93. The normalized spacial score (nSPS) is 12.5. The van der Waals surface area contributed by atoms with Gasteiger partial charge in [0, 0.05) is 18.9 Å². The van der Waals surface area contributed by atoms with Crippen molar-refractivity contribution in [2.24, 2.45) is 4.99 Å². The van der Waals surface area contributed by atoms with Crippen molar-refractivity contribution in [3.05, 3.63) is 63.9 Å². The van der Waals surface area contributed by atoms with E-state index in [4.69, 9.17) is 9.73 Å². The van der Waals surface area contributed by atoms with Crippen molar-refractivity contribution in [2.45, 2.75) is 40.3 Å². The molecule has 1 aromatic carbocycles. The molecule has 0 aliphatic heterocycles. The third-order valence-electron chi connectivity index (χ3n) is 4.44. The molecular formula is C22H28N6O2S. The van der Waals surface area contributed by atoms with Gasteiger partial charge in [0.05, 0.1) is 30.6 Å². The first-order valence-corrected chi connectivity index (χ1v) is 11.1. The van der Waals surface area contributed by atoms with Gasteiger partial charge in [-0.15, -0.1) is 11.3 Å². The first kappa shape index (κ1) is 22.5. The largest absolute Gasteiger partial charge is 0.462 e. The highest BCUT2D eigenvalue weighted by atomic mass is 32.1. The van der Waals surface area contributed by atoms with Gasteiger partial charge in [-0.25, -0.2) is 19.5 Å². The van der Waals surface area contributed by atoms with Gasteiger partial charge >= 0.3 is 5.97 Å². The molecule has 0 radical (unpaired) electrons. The van der Waals surface area contributed by atoms with Crippen LogP contribution in [0.4, 0.5) is 0 Å². The van der Waals surface area contributed by atoms with Crippen LogP contribution in [0.5, 0.6) is 0 Å². The maximum atomic E-state index is 12.1. The summed E-state index contributed by atoms with van der Waals surface area (Å²) in [5.41, 5.74) is 2.76. The van der Waals surface area contributed by atoms with Crippen molar-refractivity contribution in [1.29, 1.82) is 0 Å². The van der Waals surface area contributed by atoms with Gasteiger partial charge in [0.1, 0.15) is 9.88 Å². The number of rotatable bonds is 8. The highest BCUT2D eigenvalue weighted by Crippen LogP contribution is 2.24. The van der Waals surface area contributed by atoms with E-state index in [0.29, 0.717) is 29.7 Å². The Morgan fingerprint density at radius 1 is 1.32 bits per heavy atom. The number of aryl methyl sites for hydroxylation is 1. The van der Waals surface area contributed by atoms with Crippen LogP contribution < -0.4 is 10.6 Å². The van der Waals surface area contributed by atoms with Crippen molar-refractivity contribution in [3.63, 3.8) is 0 Å². The SMILES string of the molecule is CCNC(=NCc1cccc(-n2cccn2)c1)NC(C)c1nc(C)c(C(=O)OCC)s1. The topological polar surface area (TPSA) is 93.4 Å². The van der Waals surface area contributed by atoms with Crippen molar-refractivity contribution >= 4 is 23.3 Å². The lowest BCUT2D eigenvalue weighted by Gasteiger charge is -2.16. The molecule has 0 fully saturated rings. The Labute approximate surface area is 186 Å². The van der Waals surface area contributed by atoms with Crippen LogP contribution in [0.3, 0.4) is 0 Å². The molecule has 3 aromatic rings. The number of esters is 1. The van der Waals surface area contributed by atoms with Gasteiger partial charge in [-0.2, -0.15) is 5.10 Å². The molecule has 31 heavy (non-hydrogen) atoms. The van der Waals surface area contributed by atoms with E-state index in [1.165, 1.54) is 11.3 Å². The number of ether oxygens (including phenoxy) is 1. The second-order valence-electron chi connectivity index (χ2n) is 6.87. The van der Waals surface area contributed by atoms with Gasteiger partial charge in [-0.1, -0.05) is 12.1 Å². The van der Waals surface area contributed by atoms with Crippen molar-refractivity contribution in [2.75, 3.05) is 13.2 Å². The average molecular weight is 441 g/mol. The number of thiazole rings is 1.